The Bertz CT molecular complexity index is 3210. The highest BCUT2D eigenvalue weighted by Crippen LogP contribution is 2.39. The lowest BCUT2D eigenvalue weighted by atomic mass is 9.89. The van der Waals surface area contributed by atoms with Crippen LogP contribution in [-0.2, 0) is 0 Å². The molecule has 66 heavy (non-hydrogen) atoms. The first-order valence-corrected chi connectivity index (χ1v) is 22.4. The van der Waals surface area contributed by atoms with Crippen molar-refractivity contribution in [2.24, 2.45) is 9.98 Å². The number of hydrogen-bond donors (Lipinski definition) is 2. The number of hydrogen-bond acceptors (Lipinski definition) is 5. The number of amidine groups is 2. The number of aliphatic imine (C=N–C) groups is 2. The molecule has 0 amide bonds. The third kappa shape index (κ3) is 8.54. The summed E-state index contributed by atoms with van der Waals surface area (Å²) in [6.45, 7) is 0. The minimum atomic E-state index is -0.235. The molecule has 2 aliphatic heterocycles. The molecule has 0 saturated heterocycles. The molecular formula is C61H45N5. The van der Waals surface area contributed by atoms with Crippen molar-refractivity contribution in [3.05, 3.63) is 282 Å². The van der Waals surface area contributed by atoms with Crippen molar-refractivity contribution >= 4 is 23.1 Å². The number of benzene rings is 8. The van der Waals surface area contributed by atoms with Crippen LogP contribution in [0.2, 0.25) is 0 Å². The maximum Gasteiger partial charge on any atom is 0.133 e. The van der Waals surface area contributed by atoms with E-state index < -0.39 is 0 Å². The molecule has 2 N–H and O–H groups in total. The SMILES string of the molecule is C1=C(c2ccccc2)NC(c2ccc(-c3cc(-c4cccnc4)cc(-c4ccccc4C4C=C(c5ccccc5)NC(c5ccccc5)=N4)c3)cc2)=NC1c1cccc(-c2ccccc2)c1. The monoisotopic (exact) mass is 847 g/mol. The Hall–Kier alpha value is -8.67. The first kappa shape index (κ1) is 40.1. The molecule has 314 valence electrons. The Labute approximate surface area is 386 Å². The summed E-state index contributed by atoms with van der Waals surface area (Å²) in [6.07, 6.45) is 8.24. The van der Waals surface area contributed by atoms with Crippen molar-refractivity contribution in [2.75, 3.05) is 0 Å². The number of aromatic nitrogens is 1. The molecule has 2 atom stereocenters. The van der Waals surface area contributed by atoms with Gasteiger partial charge in [0.15, 0.2) is 0 Å². The van der Waals surface area contributed by atoms with E-state index in [-0.39, 0.29) is 12.1 Å². The molecule has 0 saturated carbocycles. The Morgan fingerprint density at radius 3 is 1.42 bits per heavy atom. The molecule has 9 aromatic rings. The van der Waals surface area contributed by atoms with Crippen LogP contribution in [0.5, 0.6) is 0 Å². The van der Waals surface area contributed by atoms with Gasteiger partial charge in [0, 0.05) is 40.5 Å². The van der Waals surface area contributed by atoms with Crippen molar-refractivity contribution in [3.63, 3.8) is 0 Å². The van der Waals surface area contributed by atoms with E-state index in [0.29, 0.717) is 0 Å². The highest BCUT2D eigenvalue weighted by molar-refractivity contribution is 6.06. The van der Waals surface area contributed by atoms with Gasteiger partial charge in [-0.25, -0.2) is 0 Å². The van der Waals surface area contributed by atoms with E-state index >= 15 is 0 Å². The lowest BCUT2D eigenvalue weighted by Crippen LogP contribution is -2.27. The molecule has 0 radical (unpaired) electrons. The molecule has 8 aromatic carbocycles. The summed E-state index contributed by atoms with van der Waals surface area (Å²) in [6, 6.07) is 78.6. The Balaban J connectivity index is 0.977. The van der Waals surface area contributed by atoms with Crippen LogP contribution < -0.4 is 10.6 Å². The third-order valence-electron chi connectivity index (χ3n) is 12.3. The molecule has 5 nitrogen and oxygen atoms in total. The molecule has 2 aliphatic rings. The van der Waals surface area contributed by atoms with Crippen LogP contribution in [0.4, 0.5) is 0 Å². The highest BCUT2D eigenvalue weighted by Gasteiger charge is 2.23. The molecular weight excluding hydrogens is 803 g/mol. The lowest BCUT2D eigenvalue weighted by molar-refractivity contribution is 0.881. The first-order valence-electron chi connectivity index (χ1n) is 22.4. The van der Waals surface area contributed by atoms with Gasteiger partial charge in [-0.05, 0) is 104 Å². The predicted octanol–water partition coefficient (Wildman–Crippen LogP) is 14.0. The number of pyridine rings is 1. The summed E-state index contributed by atoms with van der Waals surface area (Å²) >= 11 is 0. The van der Waals surface area contributed by atoms with Crippen LogP contribution in [0.15, 0.2) is 259 Å². The summed E-state index contributed by atoms with van der Waals surface area (Å²) in [5.41, 5.74) is 17.5. The van der Waals surface area contributed by atoms with Gasteiger partial charge in [0.1, 0.15) is 11.7 Å². The van der Waals surface area contributed by atoms with Gasteiger partial charge in [-0.3, -0.25) is 15.0 Å². The predicted molar refractivity (Wildman–Crippen MR) is 273 cm³/mol. The summed E-state index contributed by atoms with van der Waals surface area (Å²) in [4.78, 5) is 15.2. The van der Waals surface area contributed by atoms with Gasteiger partial charge < -0.3 is 10.6 Å². The zero-order valence-corrected chi connectivity index (χ0v) is 36.2. The van der Waals surface area contributed by atoms with Crippen molar-refractivity contribution in [2.45, 2.75) is 12.1 Å². The second kappa shape index (κ2) is 18.2. The van der Waals surface area contributed by atoms with Gasteiger partial charge >= 0.3 is 0 Å². The minimum Gasteiger partial charge on any atom is -0.340 e. The highest BCUT2D eigenvalue weighted by atomic mass is 15.1. The molecule has 0 aliphatic carbocycles. The smallest absolute Gasteiger partial charge is 0.133 e. The normalized spacial score (nSPS) is 15.6. The van der Waals surface area contributed by atoms with E-state index in [1.807, 2.05) is 24.5 Å². The van der Waals surface area contributed by atoms with Gasteiger partial charge in [0.2, 0.25) is 0 Å². The third-order valence-corrected chi connectivity index (χ3v) is 12.3. The minimum absolute atomic E-state index is 0.176. The Morgan fingerprint density at radius 2 is 0.788 bits per heavy atom. The van der Waals surface area contributed by atoms with Crippen LogP contribution in [-0.4, -0.2) is 16.7 Å². The second-order valence-corrected chi connectivity index (χ2v) is 16.6. The number of nitrogens with one attached hydrogen (secondary N) is 2. The summed E-state index contributed by atoms with van der Waals surface area (Å²) in [5.74, 6) is 1.68. The molecule has 11 rings (SSSR count). The van der Waals surface area contributed by atoms with Crippen LogP contribution in [0, 0.1) is 0 Å². The zero-order valence-electron chi connectivity index (χ0n) is 36.2. The van der Waals surface area contributed by atoms with E-state index in [4.69, 9.17) is 9.98 Å². The summed E-state index contributed by atoms with van der Waals surface area (Å²) in [5, 5.41) is 7.35. The quantitative estimate of drug-likeness (QED) is 0.144. The molecule has 2 unspecified atom stereocenters. The van der Waals surface area contributed by atoms with Crippen LogP contribution >= 0.6 is 0 Å². The summed E-state index contributed by atoms with van der Waals surface area (Å²) in [7, 11) is 0. The Kier molecular flexibility index (Phi) is 11.1. The van der Waals surface area contributed by atoms with Crippen molar-refractivity contribution in [3.8, 4) is 44.5 Å². The molecule has 0 spiro atoms. The average Bonchev–Trinajstić information content (AvgIpc) is 3.42. The fraction of sp³-hybridized carbons (Fsp3) is 0.0328. The van der Waals surface area contributed by atoms with Crippen molar-refractivity contribution in [1.82, 2.24) is 15.6 Å². The topological polar surface area (TPSA) is 61.7 Å². The average molecular weight is 848 g/mol. The van der Waals surface area contributed by atoms with Crippen LogP contribution in [0.25, 0.3) is 55.9 Å². The number of nitrogens with zero attached hydrogens (tertiary/aromatic N) is 3. The van der Waals surface area contributed by atoms with E-state index in [2.05, 4.69) is 240 Å². The van der Waals surface area contributed by atoms with Crippen LogP contribution in [0.1, 0.15) is 45.5 Å². The molecule has 3 heterocycles. The van der Waals surface area contributed by atoms with Crippen molar-refractivity contribution < 1.29 is 0 Å². The molecule has 1 aromatic heterocycles. The fourth-order valence-electron chi connectivity index (χ4n) is 8.88. The lowest BCUT2D eigenvalue weighted by Gasteiger charge is -2.25. The maximum atomic E-state index is 5.36. The van der Waals surface area contributed by atoms with Crippen LogP contribution in [0.3, 0.4) is 0 Å². The van der Waals surface area contributed by atoms with Gasteiger partial charge in [0.25, 0.3) is 0 Å². The van der Waals surface area contributed by atoms with Crippen molar-refractivity contribution in [1.29, 1.82) is 0 Å². The van der Waals surface area contributed by atoms with Gasteiger partial charge in [-0.1, -0.05) is 194 Å². The summed E-state index contributed by atoms with van der Waals surface area (Å²) < 4.78 is 0. The van der Waals surface area contributed by atoms with Gasteiger partial charge in [-0.15, -0.1) is 0 Å². The first-order chi connectivity index (χ1) is 32.7. The van der Waals surface area contributed by atoms with E-state index in [0.717, 1.165) is 89.8 Å². The second-order valence-electron chi connectivity index (χ2n) is 16.6. The largest absolute Gasteiger partial charge is 0.340 e. The fourth-order valence-corrected chi connectivity index (χ4v) is 8.88. The number of rotatable bonds is 10. The van der Waals surface area contributed by atoms with E-state index in [9.17, 15) is 0 Å². The maximum absolute atomic E-state index is 5.36. The van der Waals surface area contributed by atoms with Gasteiger partial charge in [-0.2, -0.15) is 0 Å². The standard InChI is InChI=1S/C61H45N5/c1-5-17-42(18-6-1)48-25-15-26-49(35-48)58-39-56(44-19-7-2-8-20-44)63-61(65-58)47-32-30-43(31-33-47)51-36-52(50-27-16-34-62-41-50)38-53(37-51)54-28-13-14-29-55(54)59-40-57(45-21-9-3-10-22-45)64-60(66-59)46-23-11-4-12-24-46/h1-41,58-59H,(H,63,65)(H,64,66). The zero-order chi connectivity index (χ0) is 44.1. The molecule has 5 heteroatoms. The Morgan fingerprint density at radius 1 is 0.318 bits per heavy atom. The van der Waals surface area contributed by atoms with E-state index in [1.165, 1.54) is 11.1 Å². The molecule has 0 bridgehead atoms. The van der Waals surface area contributed by atoms with E-state index in [1.54, 1.807) is 0 Å². The molecule has 0 fully saturated rings. The van der Waals surface area contributed by atoms with Gasteiger partial charge in [0.05, 0.1) is 12.1 Å².